The minimum absolute atomic E-state index is 0. The molecule has 0 aliphatic rings. The summed E-state index contributed by atoms with van der Waals surface area (Å²) in [4.78, 5) is 2.28. The minimum Gasteiger partial charge on any atom is -0.298 e. The summed E-state index contributed by atoms with van der Waals surface area (Å²) in [6, 6.07) is 6.11. The summed E-state index contributed by atoms with van der Waals surface area (Å²) in [7, 11) is 2.12. The molecule has 4 heteroatoms. The van der Waals surface area contributed by atoms with Crippen molar-refractivity contribution in [2.75, 3.05) is 13.6 Å². The van der Waals surface area contributed by atoms with Crippen molar-refractivity contribution in [2.45, 2.75) is 27.3 Å². The third-order valence-corrected chi connectivity index (χ3v) is 4.64. The fraction of sp³-hybridized carbons (Fsp3) is 0.368. The van der Waals surface area contributed by atoms with Gasteiger partial charge in [0.25, 0.3) is 0 Å². The SMILES string of the molecule is CN(C/C=C/C#CC(C)(C)C)Cc1csc2c(Cl)cccc12.Cl. The third-order valence-electron chi connectivity index (χ3n) is 3.14. The fourth-order valence-electron chi connectivity index (χ4n) is 2.10. The molecule has 0 N–H and O–H groups in total. The maximum absolute atomic E-state index is 6.23. The summed E-state index contributed by atoms with van der Waals surface area (Å²) in [5.41, 5.74) is 1.39. The first-order chi connectivity index (χ1) is 10.4. The van der Waals surface area contributed by atoms with Crippen LogP contribution in [0.15, 0.2) is 35.7 Å². The lowest BCUT2D eigenvalue weighted by molar-refractivity contribution is 0.365. The highest BCUT2D eigenvalue weighted by Crippen LogP contribution is 2.32. The highest BCUT2D eigenvalue weighted by atomic mass is 35.5. The van der Waals surface area contributed by atoms with Gasteiger partial charge in [-0.3, -0.25) is 4.90 Å². The summed E-state index contributed by atoms with van der Waals surface area (Å²) >= 11 is 7.95. The van der Waals surface area contributed by atoms with Gasteiger partial charge in [-0.15, -0.1) is 23.7 Å². The van der Waals surface area contributed by atoms with Crippen molar-refractivity contribution in [3.63, 3.8) is 0 Å². The average Bonchev–Trinajstić information content (AvgIpc) is 2.82. The highest BCUT2D eigenvalue weighted by molar-refractivity contribution is 7.18. The number of halogens is 2. The van der Waals surface area contributed by atoms with E-state index in [0.29, 0.717) is 0 Å². The van der Waals surface area contributed by atoms with Gasteiger partial charge in [-0.05, 0) is 56.3 Å². The van der Waals surface area contributed by atoms with Gasteiger partial charge in [-0.25, -0.2) is 0 Å². The maximum atomic E-state index is 6.23. The van der Waals surface area contributed by atoms with Crippen molar-refractivity contribution in [2.24, 2.45) is 5.41 Å². The Kier molecular flexibility index (Phi) is 7.64. The second-order valence-corrected chi connectivity index (χ2v) is 7.78. The molecule has 0 radical (unpaired) electrons. The van der Waals surface area contributed by atoms with Crippen LogP contribution in [0.1, 0.15) is 26.3 Å². The number of rotatable bonds is 4. The molecule has 0 saturated heterocycles. The molecule has 0 atom stereocenters. The van der Waals surface area contributed by atoms with Crippen LogP contribution in [0.2, 0.25) is 5.02 Å². The zero-order valence-corrected chi connectivity index (χ0v) is 16.4. The molecule has 1 aromatic carbocycles. The lowest BCUT2D eigenvalue weighted by Crippen LogP contribution is -2.17. The molecule has 0 amide bonds. The molecule has 124 valence electrons. The quantitative estimate of drug-likeness (QED) is 0.597. The average molecular weight is 368 g/mol. The van der Waals surface area contributed by atoms with Crippen molar-refractivity contribution in [3.8, 4) is 11.8 Å². The Hall–Kier alpha value is -0.980. The van der Waals surface area contributed by atoms with Crippen molar-refractivity contribution in [3.05, 3.63) is 46.3 Å². The molecular formula is C19H23Cl2NS. The molecule has 0 unspecified atom stereocenters. The lowest BCUT2D eigenvalue weighted by atomic mass is 9.98. The van der Waals surface area contributed by atoms with E-state index in [0.717, 1.165) is 18.1 Å². The molecule has 2 rings (SSSR count). The molecule has 0 bridgehead atoms. The van der Waals surface area contributed by atoms with Crippen LogP contribution in [-0.2, 0) is 6.54 Å². The van der Waals surface area contributed by atoms with Gasteiger partial charge in [0.15, 0.2) is 0 Å². The number of nitrogens with zero attached hydrogens (tertiary/aromatic N) is 1. The molecule has 0 saturated carbocycles. The Balaban J connectivity index is 0.00000264. The normalized spacial score (nSPS) is 11.6. The van der Waals surface area contributed by atoms with Gasteiger partial charge in [-0.1, -0.05) is 41.7 Å². The topological polar surface area (TPSA) is 3.24 Å². The molecule has 23 heavy (non-hydrogen) atoms. The van der Waals surface area contributed by atoms with Gasteiger partial charge in [0, 0.05) is 18.5 Å². The molecule has 1 aromatic heterocycles. The number of allylic oxidation sites excluding steroid dienone is 1. The van der Waals surface area contributed by atoms with Crippen LogP contribution in [0.3, 0.4) is 0 Å². The van der Waals surface area contributed by atoms with E-state index in [4.69, 9.17) is 11.6 Å². The van der Waals surface area contributed by atoms with Crippen molar-refractivity contribution >= 4 is 45.4 Å². The fourth-order valence-corrected chi connectivity index (χ4v) is 3.38. The Morgan fingerprint density at radius 2 is 2.04 bits per heavy atom. The van der Waals surface area contributed by atoms with Crippen LogP contribution in [0.25, 0.3) is 10.1 Å². The first-order valence-electron chi connectivity index (χ1n) is 7.37. The molecule has 1 heterocycles. The smallest absolute Gasteiger partial charge is 0.0584 e. The first kappa shape index (κ1) is 20.1. The molecule has 0 fully saturated rings. The molecule has 0 spiro atoms. The standard InChI is InChI=1S/C19H22ClNS.ClH/c1-19(2,3)11-6-5-7-12-21(4)13-15-14-22-18-16(15)9-8-10-17(18)20;/h5,7-10,14H,12-13H2,1-4H3;1H/b7-5+;. The molecule has 0 aliphatic carbocycles. The van der Waals surface area contributed by atoms with E-state index in [1.165, 1.54) is 15.6 Å². The predicted octanol–water partition coefficient (Wildman–Crippen LogP) is 6.01. The highest BCUT2D eigenvalue weighted by Gasteiger charge is 2.08. The van der Waals surface area contributed by atoms with E-state index in [9.17, 15) is 0 Å². The molecular weight excluding hydrogens is 345 g/mol. The second-order valence-electron chi connectivity index (χ2n) is 6.50. The van der Waals surface area contributed by atoms with Crippen LogP contribution in [0.5, 0.6) is 0 Å². The third kappa shape index (κ3) is 6.20. The van der Waals surface area contributed by atoms with Crippen LogP contribution in [-0.4, -0.2) is 18.5 Å². The number of likely N-dealkylation sites (N-methyl/N-ethyl adjacent to an activating group) is 1. The Morgan fingerprint density at radius 3 is 2.74 bits per heavy atom. The number of hydrogen-bond acceptors (Lipinski definition) is 2. The van der Waals surface area contributed by atoms with E-state index in [-0.39, 0.29) is 17.8 Å². The van der Waals surface area contributed by atoms with E-state index < -0.39 is 0 Å². The van der Waals surface area contributed by atoms with Crippen LogP contribution < -0.4 is 0 Å². The van der Waals surface area contributed by atoms with Crippen molar-refractivity contribution < 1.29 is 0 Å². The number of hydrogen-bond donors (Lipinski definition) is 0. The zero-order valence-electron chi connectivity index (χ0n) is 14.0. The van der Waals surface area contributed by atoms with Crippen LogP contribution >= 0.6 is 35.3 Å². The molecule has 1 nitrogen and oxygen atoms in total. The number of benzene rings is 1. The summed E-state index contributed by atoms with van der Waals surface area (Å²) in [6.07, 6.45) is 4.06. The largest absolute Gasteiger partial charge is 0.298 e. The Morgan fingerprint density at radius 1 is 1.30 bits per heavy atom. The lowest BCUT2D eigenvalue weighted by Gasteiger charge is -2.13. The second kappa shape index (κ2) is 8.76. The Labute approximate surface area is 154 Å². The van der Waals surface area contributed by atoms with E-state index >= 15 is 0 Å². The predicted molar refractivity (Wildman–Crippen MR) is 107 cm³/mol. The van der Waals surface area contributed by atoms with E-state index in [1.807, 2.05) is 18.2 Å². The van der Waals surface area contributed by atoms with Gasteiger partial charge in [0.05, 0.1) is 9.72 Å². The summed E-state index contributed by atoms with van der Waals surface area (Å²) in [6.45, 7) is 8.15. The maximum Gasteiger partial charge on any atom is 0.0584 e. The number of fused-ring (bicyclic) bond motifs is 1. The van der Waals surface area contributed by atoms with E-state index in [1.54, 1.807) is 11.3 Å². The van der Waals surface area contributed by atoms with Crippen molar-refractivity contribution in [1.29, 1.82) is 0 Å². The van der Waals surface area contributed by atoms with Crippen LogP contribution in [0, 0.1) is 17.3 Å². The van der Waals surface area contributed by atoms with E-state index in [2.05, 4.69) is 62.1 Å². The summed E-state index contributed by atoms with van der Waals surface area (Å²) in [5, 5.41) is 4.31. The molecule has 0 aliphatic heterocycles. The van der Waals surface area contributed by atoms with Crippen molar-refractivity contribution in [1.82, 2.24) is 4.90 Å². The monoisotopic (exact) mass is 367 g/mol. The van der Waals surface area contributed by atoms with Gasteiger partial charge in [0.2, 0.25) is 0 Å². The van der Waals surface area contributed by atoms with Gasteiger partial charge in [0.1, 0.15) is 0 Å². The minimum atomic E-state index is 0. The summed E-state index contributed by atoms with van der Waals surface area (Å²) < 4.78 is 1.18. The first-order valence-corrected chi connectivity index (χ1v) is 8.63. The van der Waals surface area contributed by atoms with Gasteiger partial charge in [-0.2, -0.15) is 0 Å². The number of thiophene rings is 1. The van der Waals surface area contributed by atoms with Gasteiger partial charge >= 0.3 is 0 Å². The van der Waals surface area contributed by atoms with Gasteiger partial charge < -0.3 is 0 Å². The summed E-state index contributed by atoms with van der Waals surface area (Å²) in [5.74, 6) is 6.31. The van der Waals surface area contributed by atoms with Crippen LogP contribution in [0.4, 0.5) is 0 Å². The zero-order chi connectivity index (χ0) is 16.2. The molecule has 2 aromatic rings. The Bertz CT molecular complexity index is 729.